The predicted octanol–water partition coefficient (Wildman–Crippen LogP) is 2.92. The summed E-state index contributed by atoms with van der Waals surface area (Å²) in [7, 11) is 0. The van der Waals surface area contributed by atoms with Crippen LogP contribution in [0.4, 0.5) is 17.1 Å². The third kappa shape index (κ3) is 3.61. The van der Waals surface area contributed by atoms with Crippen molar-refractivity contribution in [1.82, 2.24) is 0 Å². The second kappa shape index (κ2) is 7.24. The zero-order chi connectivity index (χ0) is 17.9. The lowest BCUT2D eigenvalue weighted by atomic mass is 9.98. The van der Waals surface area contributed by atoms with Crippen LogP contribution in [-0.2, 0) is 4.74 Å². The molecule has 0 spiro atoms. The normalized spacial score (nSPS) is 15.2. The van der Waals surface area contributed by atoms with Gasteiger partial charge in [0.05, 0.1) is 22.0 Å². The number of hydrogen-bond acceptors (Lipinski definition) is 7. The van der Waals surface area contributed by atoms with Gasteiger partial charge in [0.2, 0.25) is 0 Å². The zero-order valence-corrected chi connectivity index (χ0v) is 13.6. The van der Waals surface area contributed by atoms with E-state index >= 15 is 0 Å². The Morgan fingerprint density at radius 1 is 1.21 bits per heavy atom. The maximum Gasteiger partial charge on any atom is 0.338 e. The van der Waals surface area contributed by atoms with Crippen molar-refractivity contribution in [3.05, 3.63) is 37.9 Å². The average Bonchev–Trinajstić information content (AvgIpc) is 2.54. The van der Waals surface area contributed by atoms with Gasteiger partial charge in [-0.3, -0.25) is 20.2 Å². The summed E-state index contributed by atoms with van der Waals surface area (Å²) in [5, 5.41) is 22.9. The van der Waals surface area contributed by atoms with E-state index in [1.165, 1.54) is 0 Å². The third-order valence-electron chi connectivity index (χ3n) is 4.07. The molecule has 0 N–H and O–H groups in total. The van der Waals surface area contributed by atoms with Crippen molar-refractivity contribution in [3.8, 4) is 0 Å². The minimum atomic E-state index is -0.817. The number of ether oxygens (including phenoxy) is 1. The maximum atomic E-state index is 11.8. The summed E-state index contributed by atoms with van der Waals surface area (Å²) in [5.74, 6) is -0.347. The van der Waals surface area contributed by atoms with E-state index in [2.05, 4.69) is 6.92 Å². The minimum Gasteiger partial charge on any atom is -0.462 e. The number of carbonyl (C=O) groups is 1. The standard InChI is InChI=1S/C15H19N3O6/c1-3-24-15(19)11-8-12(17(20)21)14(13(9-11)18(22)23)16-6-4-10(2)5-7-16/h8-10H,3-7H2,1-2H3. The molecule has 0 aliphatic carbocycles. The van der Waals surface area contributed by atoms with Crippen LogP contribution in [0.5, 0.6) is 0 Å². The van der Waals surface area contributed by atoms with E-state index in [1.54, 1.807) is 11.8 Å². The molecule has 1 heterocycles. The highest BCUT2D eigenvalue weighted by Gasteiger charge is 2.33. The number of rotatable bonds is 5. The van der Waals surface area contributed by atoms with Crippen LogP contribution in [0.3, 0.4) is 0 Å². The van der Waals surface area contributed by atoms with E-state index in [-0.39, 0.29) is 17.9 Å². The Hall–Kier alpha value is -2.71. The Bertz CT molecular complexity index is 632. The first kappa shape index (κ1) is 17.6. The molecule has 2 rings (SSSR count). The first-order chi connectivity index (χ1) is 11.3. The molecule has 0 unspecified atom stereocenters. The number of hydrogen-bond donors (Lipinski definition) is 0. The molecule has 130 valence electrons. The van der Waals surface area contributed by atoms with Gasteiger partial charge in [-0.2, -0.15) is 0 Å². The average molecular weight is 337 g/mol. The fourth-order valence-electron chi connectivity index (χ4n) is 2.77. The van der Waals surface area contributed by atoms with Gasteiger partial charge < -0.3 is 9.64 Å². The fourth-order valence-corrected chi connectivity index (χ4v) is 2.77. The second-order valence-electron chi connectivity index (χ2n) is 5.77. The minimum absolute atomic E-state index is 0.0371. The molecule has 1 aliphatic rings. The van der Waals surface area contributed by atoms with Crippen LogP contribution in [0.1, 0.15) is 37.0 Å². The molecule has 1 aliphatic heterocycles. The van der Waals surface area contributed by atoms with Crippen molar-refractivity contribution in [1.29, 1.82) is 0 Å². The van der Waals surface area contributed by atoms with E-state index in [0.717, 1.165) is 25.0 Å². The van der Waals surface area contributed by atoms with Gasteiger partial charge >= 0.3 is 17.3 Å². The van der Waals surface area contributed by atoms with Gasteiger partial charge in [0.1, 0.15) is 0 Å². The van der Waals surface area contributed by atoms with Gasteiger partial charge in [-0.1, -0.05) is 6.92 Å². The smallest absolute Gasteiger partial charge is 0.338 e. The summed E-state index contributed by atoms with van der Waals surface area (Å²) in [5.41, 5.74) is -1.11. The summed E-state index contributed by atoms with van der Waals surface area (Å²) < 4.78 is 4.80. The zero-order valence-electron chi connectivity index (χ0n) is 13.6. The lowest BCUT2D eigenvalue weighted by Crippen LogP contribution is -2.33. The first-order valence-corrected chi connectivity index (χ1v) is 7.74. The molecule has 1 saturated heterocycles. The number of carbonyl (C=O) groups excluding carboxylic acids is 1. The van der Waals surface area contributed by atoms with Crippen molar-refractivity contribution in [2.24, 2.45) is 5.92 Å². The van der Waals surface area contributed by atoms with Crippen molar-refractivity contribution >= 4 is 23.0 Å². The number of nitro groups is 2. The molecular weight excluding hydrogens is 318 g/mol. The van der Waals surface area contributed by atoms with Crippen LogP contribution in [0.15, 0.2) is 12.1 Å². The summed E-state index contributed by atoms with van der Waals surface area (Å²) in [6.45, 7) is 4.74. The summed E-state index contributed by atoms with van der Waals surface area (Å²) >= 11 is 0. The molecule has 24 heavy (non-hydrogen) atoms. The van der Waals surface area contributed by atoms with Crippen molar-refractivity contribution in [2.45, 2.75) is 26.7 Å². The maximum absolute atomic E-state index is 11.8. The number of esters is 1. The van der Waals surface area contributed by atoms with Gasteiger partial charge in [0, 0.05) is 25.2 Å². The van der Waals surface area contributed by atoms with Crippen LogP contribution in [0.25, 0.3) is 0 Å². The predicted molar refractivity (Wildman–Crippen MR) is 86.3 cm³/mol. The van der Waals surface area contributed by atoms with Crippen LogP contribution in [0.2, 0.25) is 0 Å². The molecule has 0 atom stereocenters. The lowest BCUT2D eigenvalue weighted by molar-refractivity contribution is -0.392. The topological polar surface area (TPSA) is 116 Å². The van der Waals surface area contributed by atoms with Gasteiger partial charge in [0.15, 0.2) is 5.69 Å². The molecule has 1 aromatic carbocycles. The Labute approximate surface area is 138 Å². The SMILES string of the molecule is CCOC(=O)c1cc([N+](=O)[O-])c(N2CCC(C)CC2)c([N+](=O)[O-])c1. The number of anilines is 1. The Morgan fingerprint density at radius 3 is 2.12 bits per heavy atom. The Morgan fingerprint density at radius 2 is 1.71 bits per heavy atom. The summed E-state index contributed by atoms with van der Waals surface area (Å²) in [4.78, 5) is 35.0. The van der Waals surface area contributed by atoms with E-state index in [0.29, 0.717) is 19.0 Å². The highest BCUT2D eigenvalue weighted by Crippen LogP contribution is 2.40. The Kier molecular flexibility index (Phi) is 5.32. The first-order valence-electron chi connectivity index (χ1n) is 7.74. The lowest BCUT2D eigenvalue weighted by Gasteiger charge is -2.31. The van der Waals surface area contributed by atoms with Crippen molar-refractivity contribution in [2.75, 3.05) is 24.6 Å². The number of piperidine rings is 1. The number of nitrogens with zero attached hydrogens (tertiary/aromatic N) is 3. The van der Waals surface area contributed by atoms with Crippen LogP contribution >= 0.6 is 0 Å². The fraction of sp³-hybridized carbons (Fsp3) is 0.533. The highest BCUT2D eigenvalue weighted by atomic mass is 16.6. The molecule has 0 bridgehead atoms. The highest BCUT2D eigenvalue weighted by molar-refractivity contribution is 5.94. The monoisotopic (exact) mass is 337 g/mol. The molecule has 0 amide bonds. The van der Waals surface area contributed by atoms with Crippen molar-refractivity contribution < 1.29 is 19.4 Å². The third-order valence-corrected chi connectivity index (χ3v) is 4.07. The molecule has 0 radical (unpaired) electrons. The molecular formula is C15H19N3O6. The number of nitro benzene ring substituents is 2. The van der Waals surface area contributed by atoms with Gasteiger partial charge in [-0.15, -0.1) is 0 Å². The van der Waals surface area contributed by atoms with Gasteiger partial charge in [0.25, 0.3) is 0 Å². The second-order valence-corrected chi connectivity index (χ2v) is 5.77. The molecule has 9 heteroatoms. The quantitative estimate of drug-likeness (QED) is 0.460. The number of benzene rings is 1. The summed E-state index contributed by atoms with van der Waals surface area (Å²) in [6.07, 6.45) is 1.60. The molecule has 9 nitrogen and oxygen atoms in total. The Balaban J connectivity index is 2.57. The van der Waals surface area contributed by atoms with Crippen LogP contribution < -0.4 is 4.90 Å². The van der Waals surface area contributed by atoms with E-state index in [9.17, 15) is 25.0 Å². The van der Waals surface area contributed by atoms with Crippen LogP contribution in [-0.4, -0.2) is 35.5 Å². The van der Waals surface area contributed by atoms with E-state index in [4.69, 9.17) is 4.74 Å². The molecule has 0 aromatic heterocycles. The summed E-state index contributed by atoms with van der Waals surface area (Å²) in [6, 6.07) is 2.11. The molecule has 1 fully saturated rings. The van der Waals surface area contributed by atoms with E-state index < -0.39 is 27.2 Å². The van der Waals surface area contributed by atoms with Gasteiger partial charge in [-0.05, 0) is 25.7 Å². The van der Waals surface area contributed by atoms with Gasteiger partial charge in [-0.25, -0.2) is 4.79 Å². The van der Waals surface area contributed by atoms with Crippen molar-refractivity contribution in [3.63, 3.8) is 0 Å². The van der Waals surface area contributed by atoms with E-state index in [1.807, 2.05) is 0 Å². The molecule has 1 aromatic rings. The largest absolute Gasteiger partial charge is 0.462 e. The molecule has 0 saturated carbocycles. The van der Waals surface area contributed by atoms with Crippen LogP contribution in [0, 0.1) is 26.1 Å².